The van der Waals surface area contributed by atoms with E-state index in [2.05, 4.69) is 6.92 Å². The summed E-state index contributed by atoms with van der Waals surface area (Å²) < 4.78 is 41.4. The average molecular weight is 497 g/mol. The van der Waals surface area contributed by atoms with Gasteiger partial charge in [0.15, 0.2) is 0 Å². The first-order valence-corrected chi connectivity index (χ1v) is 13.4. The van der Waals surface area contributed by atoms with Gasteiger partial charge in [-0.25, -0.2) is 8.98 Å². The summed E-state index contributed by atoms with van der Waals surface area (Å²) in [6.07, 6.45) is 5.10. The van der Waals surface area contributed by atoms with Crippen LogP contribution in [0.2, 0.25) is 0 Å². The Morgan fingerprint density at radius 3 is 2.44 bits per heavy atom. The molecule has 0 aromatic carbocycles. The monoisotopic (exact) mass is 496 g/mol. The number of carbonyl (C=O) groups is 1. The Labute approximate surface area is 198 Å². The van der Waals surface area contributed by atoms with E-state index in [4.69, 9.17) is 13.2 Å². The summed E-state index contributed by atoms with van der Waals surface area (Å²) in [4.78, 5) is 24.1. The number of hydrogen-bond acceptors (Lipinski definition) is 8. The van der Waals surface area contributed by atoms with Crippen molar-refractivity contribution in [3.05, 3.63) is 34.4 Å². The van der Waals surface area contributed by atoms with E-state index < -0.39 is 44.2 Å². The molecule has 0 radical (unpaired) electrons. The standard InChI is InChI=1S/C24H32O9S/c1-21-8-5-18-19(24(21,28)11-7-17(21)15-2-3-20(26)32-13-15)6-10-23(27)12-16(33-34(29,30)31)4-9-22(18,23)14-25/h2-3,13-14,16-19,27-28H,4-12H2,1H3,(H,29,30,31)/t16-,17+,18-,19+,21+,22-,23-,24-/m0/s1. The molecule has 3 N–H and O–H groups in total. The van der Waals surface area contributed by atoms with E-state index in [1.807, 2.05) is 0 Å². The van der Waals surface area contributed by atoms with Crippen molar-refractivity contribution in [2.75, 3.05) is 0 Å². The fourth-order valence-electron chi connectivity index (χ4n) is 8.49. The van der Waals surface area contributed by atoms with Gasteiger partial charge in [-0.15, -0.1) is 0 Å². The number of fused-ring (bicyclic) bond motifs is 5. The Kier molecular flexibility index (Phi) is 5.46. The van der Waals surface area contributed by atoms with Gasteiger partial charge in [0.1, 0.15) is 6.29 Å². The molecular formula is C24H32O9S. The quantitative estimate of drug-likeness (QED) is 0.421. The predicted molar refractivity (Wildman–Crippen MR) is 119 cm³/mol. The number of aliphatic hydroxyl groups is 2. The van der Waals surface area contributed by atoms with Crippen molar-refractivity contribution >= 4 is 16.7 Å². The van der Waals surface area contributed by atoms with Crippen LogP contribution in [0, 0.1) is 22.7 Å². The summed E-state index contributed by atoms with van der Waals surface area (Å²) in [5.74, 6) is -0.438. The van der Waals surface area contributed by atoms with Crippen molar-refractivity contribution in [3.63, 3.8) is 0 Å². The minimum absolute atomic E-state index is 0.00897. The average Bonchev–Trinajstić information content (AvgIpc) is 3.04. The normalized spacial score (nSPS) is 46.2. The third kappa shape index (κ3) is 3.29. The molecule has 1 aromatic rings. The summed E-state index contributed by atoms with van der Waals surface area (Å²) in [5, 5.41) is 23.9. The van der Waals surface area contributed by atoms with E-state index in [-0.39, 0.29) is 43.4 Å². The molecule has 4 aliphatic rings. The van der Waals surface area contributed by atoms with Gasteiger partial charge in [-0.1, -0.05) is 6.92 Å². The molecule has 4 aliphatic carbocycles. The molecule has 5 rings (SSSR count). The van der Waals surface area contributed by atoms with Crippen molar-refractivity contribution in [3.8, 4) is 0 Å². The van der Waals surface area contributed by atoms with E-state index in [1.54, 1.807) is 6.07 Å². The first-order chi connectivity index (χ1) is 15.9. The van der Waals surface area contributed by atoms with Gasteiger partial charge in [-0.3, -0.25) is 4.55 Å². The van der Waals surface area contributed by atoms with Crippen molar-refractivity contribution < 1.29 is 36.6 Å². The Morgan fingerprint density at radius 1 is 1.06 bits per heavy atom. The Morgan fingerprint density at radius 2 is 1.79 bits per heavy atom. The lowest BCUT2D eigenvalue weighted by Gasteiger charge is -2.65. The molecule has 4 saturated carbocycles. The van der Waals surface area contributed by atoms with Crippen LogP contribution in [0.15, 0.2) is 27.6 Å². The minimum atomic E-state index is -4.67. The molecule has 0 bridgehead atoms. The topological polar surface area (TPSA) is 151 Å². The van der Waals surface area contributed by atoms with E-state index in [9.17, 15) is 28.2 Å². The first-order valence-electron chi connectivity index (χ1n) is 12.0. The summed E-state index contributed by atoms with van der Waals surface area (Å²) >= 11 is 0. The lowest BCUT2D eigenvalue weighted by molar-refractivity contribution is -0.245. The molecule has 0 unspecified atom stereocenters. The lowest BCUT2D eigenvalue weighted by Crippen LogP contribution is -2.68. The van der Waals surface area contributed by atoms with Crippen LogP contribution in [0.1, 0.15) is 76.2 Å². The van der Waals surface area contributed by atoms with Crippen molar-refractivity contribution in [2.24, 2.45) is 22.7 Å². The van der Waals surface area contributed by atoms with E-state index >= 15 is 0 Å². The van der Waals surface area contributed by atoms with Crippen molar-refractivity contribution in [2.45, 2.75) is 87.9 Å². The van der Waals surface area contributed by atoms with Gasteiger partial charge in [0.05, 0.1) is 29.0 Å². The molecule has 0 aliphatic heterocycles. The maximum atomic E-state index is 12.7. The lowest BCUT2D eigenvalue weighted by atomic mass is 9.41. The largest absolute Gasteiger partial charge is 0.431 e. The minimum Gasteiger partial charge on any atom is -0.431 e. The second kappa shape index (κ2) is 7.70. The zero-order valence-electron chi connectivity index (χ0n) is 19.2. The molecular weight excluding hydrogens is 464 g/mol. The van der Waals surface area contributed by atoms with E-state index in [1.165, 1.54) is 12.3 Å². The van der Waals surface area contributed by atoms with E-state index in [0.29, 0.717) is 25.7 Å². The number of rotatable bonds is 4. The van der Waals surface area contributed by atoms with Gasteiger partial charge in [0, 0.05) is 17.9 Å². The van der Waals surface area contributed by atoms with Crippen molar-refractivity contribution in [1.29, 1.82) is 0 Å². The van der Waals surface area contributed by atoms with E-state index in [0.717, 1.165) is 18.3 Å². The molecule has 9 nitrogen and oxygen atoms in total. The fraction of sp³-hybridized carbons (Fsp3) is 0.750. The fourth-order valence-corrected chi connectivity index (χ4v) is 9.00. The molecule has 188 valence electrons. The zero-order valence-corrected chi connectivity index (χ0v) is 20.0. The zero-order chi connectivity index (χ0) is 24.6. The van der Waals surface area contributed by atoms with Gasteiger partial charge < -0.3 is 19.4 Å². The van der Waals surface area contributed by atoms with Gasteiger partial charge in [0.2, 0.25) is 0 Å². The van der Waals surface area contributed by atoms with Crippen LogP contribution in [0.25, 0.3) is 0 Å². The maximum absolute atomic E-state index is 12.7. The van der Waals surface area contributed by atoms with Gasteiger partial charge in [-0.2, -0.15) is 8.42 Å². The van der Waals surface area contributed by atoms with Crippen LogP contribution >= 0.6 is 0 Å². The first kappa shape index (κ1) is 24.1. The van der Waals surface area contributed by atoms with Crippen LogP contribution in [-0.2, 0) is 19.4 Å². The van der Waals surface area contributed by atoms with Crippen LogP contribution in [-0.4, -0.2) is 46.8 Å². The second-order valence-electron chi connectivity index (χ2n) is 11.2. The third-order valence-corrected chi connectivity index (χ3v) is 10.6. The molecule has 10 heteroatoms. The highest BCUT2D eigenvalue weighted by Gasteiger charge is 2.71. The number of aldehydes is 1. The summed E-state index contributed by atoms with van der Waals surface area (Å²) in [5.41, 5.74) is -3.62. The molecule has 8 atom stereocenters. The third-order valence-electron chi connectivity index (χ3n) is 10.1. The van der Waals surface area contributed by atoms with Crippen LogP contribution < -0.4 is 5.63 Å². The highest BCUT2D eigenvalue weighted by atomic mass is 32.3. The Hall–Kier alpha value is -1.59. The number of carbonyl (C=O) groups excluding carboxylic acids is 1. The van der Waals surface area contributed by atoms with Crippen LogP contribution in [0.4, 0.5) is 0 Å². The predicted octanol–water partition coefficient (Wildman–Crippen LogP) is 2.36. The van der Waals surface area contributed by atoms with Gasteiger partial charge in [-0.05, 0) is 80.8 Å². The van der Waals surface area contributed by atoms with Crippen molar-refractivity contribution in [1.82, 2.24) is 0 Å². The molecule has 34 heavy (non-hydrogen) atoms. The smallest absolute Gasteiger partial charge is 0.397 e. The Balaban J connectivity index is 1.47. The SMILES string of the molecule is C[C@]12CC[C@H]3[C@@H](CC[C@]4(O)C[C@@H](OS(=O)(=O)O)CC[C@]34C=O)[C@@]1(O)CC[C@@H]2c1ccc(=O)oc1. The van der Waals surface area contributed by atoms with Gasteiger partial charge in [0.25, 0.3) is 0 Å². The molecule has 0 spiro atoms. The van der Waals surface area contributed by atoms with Crippen LogP contribution in [0.3, 0.4) is 0 Å². The number of hydrogen-bond donors (Lipinski definition) is 3. The molecule has 0 amide bonds. The highest BCUT2D eigenvalue weighted by Crippen LogP contribution is 2.71. The highest BCUT2D eigenvalue weighted by molar-refractivity contribution is 7.80. The molecule has 4 fully saturated rings. The summed E-state index contributed by atoms with van der Waals surface area (Å²) in [6, 6.07) is 3.17. The Bertz CT molecular complexity index is 1130. The maximum Gasteiger partial charge on any atom is 0.397 e. The molecule has 1 heterocycles. The molecule has 0 saturated heterocycles. The summed E-state index contributed by atoms with van der Waals surface area (Å²) in [7, 11) is -4.67. The summed E-state index contributed by atoms with van der Waals surface area (Å²) in [6.45, 7) is 2.08. The van der Waals surface area contributed by atoms with Crippen LogP contribution in [0.5, 0.6) is 0 Å². The molecule has 1 aromatic heterocycles. The second-order valence-corrected chi connectivity index (χ2v) is 12.2. The van der Waals surface area contributed by atoms with Gasteiger partial charge >= 0.3 is 16.0 Å².